The second-order valence-corrected chi connectivity index (χ2v) is 4.85. The molecule has 1 aliphatic carbocycles. The van der Waals surface area contributed by atoms with Crippen LogP contribution in [0.5, 0.6) is 0 Å². The number of fused-ring (bicyclic) bond motifs is 1. The predicted octanol–water partition coefficient (Wildman–Crippen LogP) is 1.67. The Morgan fingerprint density at radius 1 is 1.27 bits per heavy atom. The summed E-state index contributed by atoms with van der Waals surface area (Å²) in [4.78, 5) is 13.8. The molecule has 1 amide bonds. The molecule has 0 aromatic carbocycles. The van der Waals surface area contributed by atoms with Gasteiger partial charge in [0.15, 0.2) is 0 Å². The zero-order chi connectivity index (χ0) is 10.7. The lowest BCUT2D eigenvalue weighted by atomic mass is 9.82. The molecule has 2 fully saturated rings. The largest absolute Gasteiger partial charge is 0.384 e. The van der Waals surface area contributed by atoms with Gasteiger partial charge < -0.3 is 9.64 Å². The first-order valence-corrected chi connectivity index (χ1v) is 6.08. The van der Waals surface area contributed by atoms with Crippen LogP contribution in [-0.2, 0) is 9.53 Å². The van der Waals surface area contributed by atoms with Crippen molar-refractivity contribution in [3.05, 3.63) is 0 Å². The number of carbonyl (C=O) groups is 1. The van der Waals surface area contributed by atoms with Gasteiger partial charge in [-0.25, -0.2) is 0 Å². The average Bonchev–Trinajstić information content (AvgIpc) is 2.69. The van der Waals surface area contributed by atoms with Crippen molar-refractivity contribution in [3.8, 4) is 0 Å². The molecule has 0 aromatic heterocycles. The number of carbonyl (C=O) groups excluding carboxylic acids is 1. The molecular weight excluding hydrogens is 190 g/mol. The number of methoxy groups -OCH3 is 1. The molecule has 0 spiro atoms. The zero-order valence-electron chi connectivity index (χ0n) is 9.58. The minimum absolute atomic E-state index is 0.284. The molecule has 0 N–H and O–H groups in total. The van der Waals surface area contributed by atoms with E-state index in [-0.39, 0.29) is 5.91 Å². The first kappa shape index (κ1) is 10.9. The van der Waals surface area contributed by atoms with E-state index in [0.29, 0.717) is 13.0 Å². The lowest BCUT2D eigenvalue weighted by molar-refractivity contribution is -0.131. The van der Waals surface area contributed by atoms with E-state index in [1.54, 1.807) is 7.11 Å². The van der Waals surface area contributed by atoms with Gasteiger partial charge in [-0.1, -0.05) is 12.8 Å². The highest BCUT2D eigenvalue weighted by Gasteiger charge is 2.35. The summed E-state index contributed by atoms with van der Waals surface area (Å²) in [6.07, 6.45) is 5.94. The lowest BCUT2D eigenvalue weighted by Crippen LogP contribution is -2.29. The van der Waals surface area contributed by atoms with Crippen LogP contribution in [0.3, 0.4) is 0 Å². The van der Waals surface area contributed by atoms with E-state index in [1.165, 1.54) is 25.7 Å². The van der Waals surface area contributed by atoms with Crippen molar-refractivity contribution in [2.24, 2.45) is 11.8 Å². The van der Waals surface area contributed by atoms with Crippen molar-refractivity contribution in [1.82, 2.24) is 4.90 Å². The summed E-state index contributed by atoms with van der Waals surface area (Å²) in [6.45, 7) is 2.57. The Bertz CT molecular complexity index is 216. The number of nitrogens with zero attached hydrogens (tertiary/aromatic N) is 1. The van der Waals surface area contributed by atoms with Crippen LogP contribution < -0.4 is 0 Å². The number of rotatable bonds is 3. The van der Waals surface area contributed by atoms with Gasteiger partial charge in [-0.15, -0.1) is 0 Å². The van der Waals surface area contributed by atoms with Crippen molar-refractivity contribution >= 4 is 5.91 Å². The molecule has 2 atom stereocenters. The summed E-state index contributed by atoms with van der Waals surface area (Å²) in [5.74, 6) is 1.88. The standard InChI is InChI=1S/C12H21NO2/c1-15-7-6-12(14)13-8-10-4-2-3-5-11(10)9-13/h10-11H,2-9H2,1H3. The Morgan fingerprint density at radius 3 is 2.40 bits per heavy atom. The second-order valence-electron chi connectivity index (χ2n) is 4.85. The number of hydrogen-bond acceptors (Lipinski definition) is 2. The number of amides is 1. The molecule has 15 heavy (non-hydrogen) atoms. The average molecular weight is 211 g/mol. The fourth-order valence-electron chi connectivity index (χ4n) is 2.96. The zero-order valence-corrected chi connectivity index (χ0v) is 9.58. The minimum atomic E-state index is 0.284. The molecule has 0 bridgehead atoms. The minimum Gasteiger partial charge on any atom is -0.384 e. The second kappa shape index (κ2) is 4.97. The Hall–Kier alpha value is -0.570. The van der Waals surface area contributed by atoms with E-state index in [0.717, 1.165) is 24.9 Å². The number of ether oxygens (including phenoxy) is 1. The highest BCUT2D eigenvalue weighted by molar-refractivity contribution is 5.76. The number of hydrogen-bond donors (Lipinski definition) is 0. The van der Waals surface area contributed by atoms with Crippen molar-refractivity contribution in [3.63, 3.8) is 0 Å². The molecule has 1 saturated carbocycles. The van der Waals surface area contributed by atoms with E-state index in [1.807, 2.05) is 0 Å². The van der Waals surface area contributed by atoms with Crippen molar-refractivity contribution in [1.29, 1.82) is 0 Å². The van der Waals surface area contributed by atoms with Crippen molar-refractivity contribution < 1.29 is 9.53 Å². The third-order valence-corrected chi connectivity index (χ3v) is 3.85. The molecule has 86 valence electrons. The van der Waals surface area contributed by atoms with Crippen LogP contribution in [0.15, 0.2) is 0 Å². The van der Waals surface area contributed by atoms with Crippen LogP contribution in [0.25, 0.3) is 0 Å². The maximum atomic E-state index is 11.8. The van der Waals surface area contributed by atoms with Crippen molar-refractivity contribution in [2.75, 3.05) is 26.8 Å². The Labute approximate surface area is 91.8 Å². The maximum absolute atomic E-state index is 11.8. The fraction of sp³-hybridized carbons (Fsp3) is 0.917. The monoisotopic (exact) mass is 211 g/mol. The molecule has 2 rings (SSSR count). The van der Waals surface area contributed by atoms with Crippen LogP contribution in [0, 0.1) is 11.8 Å². The summed E-state index contributed by atoms with van der Waals surface area (Å²) < 4.78 is 4.94. The highest BCUT2D eigenvalue weighted by atomic mass is 16.5. The van der Waals surface area contributed by atoms with Crippen LogP contribution in [0.1, 0.15) is 32.1 Å². The normalized spacial score (nSPS) is 30.3. The first-order chi connectivity index (χ1) is 7.31. The van der Waals surface area contributed by atoms with Crippen LogP contribution in [-0.4, -0.2) is 37.6 Å². The van der Waals surface area contributed by atoms with Crippen LogP contribution >= 0.6 is 0 Å². The molecule has 0 radical (unpaired) electrons. The Kier molecular flexibility index (Phi) is 3.62. The maximum Gasteiger partial charge on any atom is 0.224 e. The lowest BCUT2D eigenvalue weighted by Gasteiger charge is -2.22. The van der Waals surface area contributed by atoms with E-state index in [9.17, 15) is 4.79 Å². The summed E-state index contributed by atoms with van der Waals surface area (Å²) in [7, 11) is 1.65. The van der Waals surface area contributed by atoms with Gasteiger partial charge in [-0.2, -0.15) is 0 Å². The summed E-state index contributed by atoms with van der Waals surface area (Å²) >= 11 is 0. The van der Waals surface area contributed by atoms with Gasteiger partial charge in [0, 0.05) is 20.2 Å². The molecule has 1 aliphatic heterocycles. The Balaban J connectivity index is 1.82. The van der Waals surface area contributed by atoms with Crippen molar-refractivity contribution in [2.45, 2.75) is 32.1 Å². The van der Waals surface area contributed by atoms with Gasteiger partial charge in [-0.3, -0.25) is 4.79 Å². The van der Waals surface area contributed by atoms with E-state index < -0.39 is 0 Å². The third-order valence-electron chi connectivity index (χ3n) is 3.85. The summed E-state index contributed by atoms with van der Waals surface area (Å²) in [5, 5.41) is 0. The molecular formula is C12H21NO2. The van der Waals surface area contributed by atoms with Gasteiger partial charge in [-0.05, 0) is 24.7 Å². The molecule has 2 aliphatic rings. The third kappa shape index (κ3) is 2.51. The summed E-state index contributed by atoms with van der Waals surface area (Å²) in [6, 6.07) is 0. The molecule has 0 aromatic rings. The van der Waals surface area contributed by atoms with E-state index >= 15 is 0 Å². The smallest absolute Gasteiger partial charge is 0.224 e. The van der Waals surface area contributed by atoms with Crippen LogP contribution in [0.4, 0.5) is 0 Å². The highest BCUT2D eigenvalue weighted by Crippen LogP contribution is 2.36. The van der Waals surface area contributed by atoms with Gasteiger partial charge >= 0.3 is 0 Å². The fourth-order valence-corrected chi connectivity index (χ4v) is 2.96. The van der Waals surface area contributed by atoms with Gasteiger partial charge in [0.05, 0.1) is 13.0 Å². The SMILES string of the molecule is COCCC(=O)N1CC2CCCCC2C1. The molecule has 1 heterocycles. The molecule has 2 unspecified atom stereocenters. The molecule has 3 nitrogen and oxygen atoms in total. The summed E-state index contributed by atoms with van der Waals surface area (Å²) in [5.41, 5.74) is 0. The van der Waals surface area contributed by atoms with E-state index in [2.05, 4.69) is 4.90 Å². The van der Waals surface area contributed by atoms with E-state index in [4.69, 9.17) is 4.74 Å². The number of likely N-dealkylation sites (tertiary alicyclic amines) is 1. The first-order valence-electron chi connectivity index (χ1n) is 6.08. The topological polar surface area (TPSA) is 29.5 Å². The molecule has 1 saturated heterocycles. The molecule has 3 heteroatoms. The Morgan fingerprint density at radius 2 is 1.87 bits per heavy atom. The van der Waals surface area contributed by atoms with Gasteiger partial charge in [0.25, 0.3) is 0 Å². The van der Waals surface area contributed by atoms with Gasteiger partial charge in [0.1, 0.15) is 0 Å². The quantitative estimate of drug-likeness (QED) is 0.710. The van der Waals surface area contributed by atoms with Crippen LogP contribution in [0.2, 0.25) is 0 Å². The predicted molar refractivity (Wildman–Crippen MR) is 58.5 cm³/mol. The van der Waals surface area contributed by atoms with Gasteiger partial charge in [0.2, 0.25) is 5.91 Å².